The van der Waals surface area contributed by atoms with Crippen LogP contribution in [0.15, 0.2) is 46.0 Å². The van der Waals surface area contributed by atoms with Crippen molar-refractivity contribution in [3.63, 3.8) is 0 Å². The van der Waals surface area contributed by atoms with Crippen LogP contribution in [-0.2, 0) is 27.9 Å². The average molecular weight is 436 g/mol. The second-order valence-electron chi connectivity index (χ2n) is 7.15. The minimum absolute atomic E-state index is 0.222. The van der Waals surface area contributed by atoms with E-state index in [9.17, 15) is 13.2 Å². The van der Waals surface area contributed by atoms with Crippen molar-refractivity contribution in [2.45, 2.75) is 50.0 Å². The maximum Gasteiger partial charge on any atom is 0.253 e. The molecule has 0 radical (unpaired) electrons. The maximum absolute atomic E-state index is 12.9. The Balaban J connectivity index is 1.68. The van der Waals surface area contributed by atoms with Gasteiger partial charge in [0.2, 0.25) is 5.91 Å². The van der Waals surface area contributed by atoms with E-state index in [2.05, 4.69) is 30.1 Å². The Morgan fingerprint density at radius 3 is 2.55 bits per heavy atom. The van der Waals surface area contributed by atoms with Crippen molar-refractivity contribution in [2.24, 2.45) is 0 Å². The molecular formula is C21H29N3O3S2. The highest BCUT2D eigenvalue weighted by Gasteiger charge is 2.39. The predicted octanol–water partition coefficient (Wildman–Crippen LogP) is 3.06. The molecule has 1 aliphatic rings. The van der Waals surface area contributed by atoms with E-state index >= 15 is 0 Å². The molecule has 2 aromatic rings. The first-order chi connectivity index (χ1) is 14.0. The van der Waals surface area contributed by atoms with Crippen molar-refractivity contribution in [3.05, 3.63) is 52.9 Å². The van der Waals surface area contributed by atoms with E-state index in [0.717, 1.165) is 25.2 Å². The van der Waals surface area contributed by atoms with Crippen LogP contribution in [0.3, 0.4) is 0 Å². The molecule has 158 valence electrons. The van der Waals surface area contributed by atoms with Gasteiger partial charge >= 0.3 is 0 Å². The first-order valence-electron chi connectivity index (χ1n) is 10.1. The van der Waals surface area contributed by atoms with Crippen LogP contribution in [0.25, 0.3) is 0 Å². The SMILES string of the molecule is CCN(CC)Cc1ccccc1CNC(=O)C1CCCN1S(=O)(=O)c1cccs1. The monoisotopic (exact) mass is 435 g/mol. The van der Waals surface area contributed by atoms with E-state index in [1.165, 1.54) is 21.2 Å². The Morgan fingerprint density at radius 2 is 1.90 bits per heavy atom. The molecule has 3 rings (SSSR count). The number of hydrogen-bond acceptors (Lipinski definition) is 5. The van der Waals surface area contributed by atoms with Gasteiger partial charge in [-0.1, -0.05) is 44.2 Å². The number of nitrogens with zero attached hydrogens (tertiary/aromatic N) is 2. The zero-order chi connectivity index (χ0) is 20.9. The number of benzene rings is 1. The summed E-state index contributed by atoms with van der Waals surface area (Å²) >= 11 is 1.19. The number of rotatable bonds is 9. The molecule has 1 amide bonds. The highest BCUT2D eigenvalue weighted by atomic mass is 32.2. The quantitative estimate of drug-likeness (QED) is 0.657. The van der Waals surface area contributed by atoms with E-state index in [4.69, 9.17) is 0 Å². The summed E-state index contributed by atoms with van der Waals surface area (Å²) in [6.07, 6.45) is 1.25. The van der Waals surface area contributed by atoms with Gasteiger partial charge < -0.3 is 5.32 Å². The molecule has 8 heteroatoms. The summed E-state index contributed by atoms with van der Waals surface area (Å²) in [6.45, 7) is 7.83. The summed E-state index contributed by atoms with van der Waals surface area (Å²) in [5, 5.41) is 4.72. The molecule has 1 N–H and O–H groups in total. The smallest absolute Gasteiger partial charge is 0.253 e. The molecule has 1 atom stereocenters. The third-order valence-corrected chi connectivity index (χ3v) is 8.71. The number of nitrogens with one attached hydrogen (secondary N) is 1. The third kappa shape index (κ3) is 5.06. The summed E-state index contributed by atoms with van der Waals surface area (Å²) in [6, 6.07) is 10.8. The van der Waals surface area contributed by atoms with E-state index in [0.29, 0.717) is 30.1 Å². The van der Waals surface area contributed by atoms with Gasteiger partial charge in [0.05, 0.1) is 0 Å². The molecule has 1 aromatic heterocycles. The number of sulfonamides is 1. The Bertz CT molecular complexity index is 909. The zero-order valence-corrected chi connectivity index (χ0v) is 18.6. The maximum atomic E-state index is 12.9. The van der Waals surface area contributed by atoms with Crippen molar-refractivity contribution >= 4 is 27.3 Å². The second kappa shape index (κ2) is 9.84. The normalized spacial score (nSPS) is 17.7. The first-order valence-corrected chi connectivity index (χ1v) is 12.4. The largest absolute Gasteiger partial charge is 0.351 e. The van der Waals surface area contributed by atoms with Gasteiger partial charge in [0.15, 0.2) is 0 Å². The van der Waals surface area contributed by atoms with Gasteiger partial charge in [-0.05, 0) is 48.5 Å². The van der Waals surface area contributed by atoms with Gasteiger partial charge in [-0.2, -0.15) is 4.31 Å². The fourth-order valence-electron chi connectivity index (χ4n) is 3.69. The Morgan fingerprint density at radius 1 is 1.17 bits per heavy atom. The molecule has 1 aliphatic heterocycles. The van der Waals surface area contributed by atoms with Crippen LogP contribution in [0.2, 0.25) is 0 Å². The van der Waals surface area contributed by atoms with Gasteiger partial charge in [-0.3, -0.25) is 9.69 Å². The summed E-state index contributed by atoms with van der Waals surface area (Å²) in [5.41, 5.74) is 2.25. The van der Waals surface area contributed by atoms with Crippen molar-refractivity contribution in [2.75, 3.05) is 19.6 Å². The van der Waals surface area contributed by atoms with Crippen molar-refractivity contribution in [1.29, 1.82) is 0 Å². The molecule has 1 aromatic carbocycles. The van der Waals surface area contributed by atoms with E-state index in [-0.39, 0.29) is 5.91 Å². The third-order valence-electron chi connectivity index (χ3n) is 5.42. The lowest BCUT2D eigenvalue weighted by Gasteiger charge is -2.23. The standard InChI is InChI=1S/C21H29N3O3S2/c1-3-23(4-2)16-18-10-6-5-9-17(18)15-22-21(25)19-11-7-13-24(19)29(26,27)20-12-8-14-28-20/h5-6,8-10,12,14,19H,3-4,7,11,13,15-16H2,1-2H3,(H,22,25). The first kappa shape index (κ1) is 22.0. The molecule has 0 aliphatic carbocycles. The fraction of sp³-hybridized carbons (Fsp3) is 0.476. The molecule has 0 spiro atoms. The van der Waals surface area contributed by atoms with E-state index in [1.807, 2.05) is 18.2 Å². The van der Waals surface area contributed by atoms with Gasteiger partial charge in [0.1, 0.15) is 10.3 Å². The molecular weight excluding hydrogens is 406 g/mol. The van der Waals surface area contributed by atoms with Crippen LogP contribution >= 0.6 is 11.3 Å². The van der Waals surface area contributed by atoms with E-state index < -0.39 is 16.1 Å². The Labute approximate surface area is 177 Å². The van der Waals surface area contributed by atoms with Gasteiger partial charge in [-0.25, -0.2) is 8.42 Å². The van der Waals surface area contributed by atoms with Crippen LogP contribution < -0.4 is 5.32 Å². The summed E-state index contributed by atoms with van der Waals surface area (Å²) < 4.78 is 27.4. The van der Waals surface area contributed by atoms with Gasteiger partial charge in [-0.15, -0.1) is 11.3 Å². The van der Waals surface area contributed by atoms with Crippen LogP contribution in [0.4, 0.5) is 0 Å². The molecule has 0 saturated carbocycles. The predicted molar refractivity (Wildman–Crippen MR) is 116 cm³/mol. The molecule has 0 bridgehead atoms. The lowest BCUT2D eigenvalue weighted by atomic mass is 10.1. The minimum Gasteiger partial charge on any atom is -0.351 e. The molecule has 1 unspecified atom stereocenters. The summed E-state index contributed by atoms with van der Waals surface area (Å²) in [5.74, 6) is -0.222. The topological polar surface area (TPSA) is 69.7 Å². The Hall–Kier alpha value is -1.74. The highest BCUT2D eigenvalue weighted by molar-refractivity contribution is 7.91. The van der Waals surface area contributed by atoms with Crippen LogP contribution in [0, 0.1) is 0 Å². The van der Waals surface area contributed by atoms with Crippen molar-refractivity contribution in [1.82, 2.24) is 14.5 Å². The molecule has 1 fully saturated rings. The lowest BCUT2D eigenvalue weighted by Crippen LogP contribution is -2.45. The number of amides is 1. The lowest BCUT2D eigenvalue weighted by molar-refractivity contribution is -0.124. The van der Waals surface area contributed by atoms with Crippen molar-refractivity contribution in [3.8, 4) is 0 Å². The second-order valence-corrected chi connectivity index (χ2v) is 10.2. The molecule has 6 nitrogen and oxygen atoms in total. The zero-order valence-electron chi connectivity index (χ0n) is 17.0. The van der Waals surface area contributed by atoms with Gasteiger partial charge in [0, 0.05) is 19.6 Å². The number of carbonyl (C=O) groups excluding carboxylic acids is 1. The van der Waals surface area contributed by atoms with E-state index in [1.54, 1.807) is 17.5 Å². The number of hydrogen-bond donors (Lipinski definition) is 1. The van der Waals surface area contributed by atoms with Crippen molar-refractivity contribution < 1.29 is 13.2 Å². The number of carbonyl (C=O) groups is 1. The van der Waals surface area contributed by atoms with Crippen LogP contribution in [0.1, 0.15) is 37.8 Å². The van der Waals surface area contributed by atoms with Gasteiger partial charge in [0.25, 0.3) is 10.0 Å². The fourth-order valence-corrected chi connectivity index (χ4v) is 6.46. The van der Waals surface area contributed by atoms with Crippen LogP contribution in [0.5, 0.6) is 0 Å². The number of thiophene rings is 1. The Kier molecular flexibility index (Phi) is 7.45. The average Bonchev–Trinajstić information content (AvgIpc) is 3.43. The molecule has 1 saturated heterocycles. The summed E-state index contributed by atoms with van der Waals surface area (Å²) in [4.78, 5) is 15.2. The minimum atomic E-state index is -3.62. The van der Waals surface area contributed by atoms with Crippen LogP contribution in [-0.4, -0.2) is 49.2 Å². The molecule has 29 heavy (non-hydrogen) atoms. The molecule has 2 heterocycles. The summed E-state index contributed by atoms with van der Waals surface area (Å²) in [7, 11) is -3.62. The highest BCUT2D eigenvalue weighted by Crippen LogP contribution is 2.28.